The van der Waals surface area contributed by atoms with Gasteiger partial charge in [0.1, 0.15) is 5.69 Å². The van der Waals surface area contributed by atoms with E-state index in [9.17, 15) is 9.90 Å². The lowest BCUT2D eigenvalue weighted by Crippen LogP contribution is -2.30. The first-order valence-corrected chi connectivity index (χ1v) is 7.17. The van der Waals surface area contributed by atoms with Gasteiger partial charge >= 0.3 is 0 Å². The molecule has 110 valence electrons. The molecule has 1 aliphatic rings. The van der Waals surface area contributed by atoms with Crippen molar-refractivity contribution in [2.45, 2.75) is 31.8 Å². The van der Waals surface area contributed by atoms with Crippen molar-refractivity contribution in [3.05, 3.63) is 24.0 Å². The number of aliphatic hydroxyl groups is 1. The summed E-state index contributed by atoms with van der Waals surface area (Å²) >= 11 is 0. The van der Waals surface area contributed by atoms with E-state index < -0.39 is 0 Å². The van der Waals surface area contributed by atoms with Crippen LogP contribution in [0.5, 0.6) is 0 Å². The van der Waals surface area contributed by atoms with Crippen LogP contribution in [0.2, 0.25) is 0 Å². The Kier molecular flexibility index (Phi) is 4.95. The number of aromatic nitrogens is 1. The predicted molar refractivity (Wildman–Crippen MR) is 78.7 cm³/mol. The molecule has 5 nitrogen and oxygen atoms in total. The number of nitrogens with one attached hydrogen (secondary N) is 1. The molecular formula is C15H23N3O2. The maximum atomic E-state index is 11.9. The lowest BCUT2D eigenvalue weighted by Gasteiger charge is -2.28. The van der Waals surface area contributed by atoms with Crippen molar-refractivity contribution in [1.82, 2.24) is 9.88 Å². The predicted octanol–water partition coefficient (Wildman–Crippen LogP) is 1.75. The molecule has 2 rings (SSSR count). The molecule has 0 saturated heterocycles. The molecule has 0 bridgehead atoms. The van der Waals surface area contributed by atoms with Crippen molar-refractivity contribution in [2.75, 3.05) is 26.0 Å². The molecule has 2 unspecified atom stereocenters. The van der Waals surface area contributed by atoms with Gasteiger partial charge in [0.05, 0.1) is 6.10 Å². The van der Waals surface area contributed by atoms with Gasteiger partial charge in [-0.05, 0) is 25.0 Å². The second-order valence-corrected chi connectivity index (χ2v) is 5.62. The molecule has 20 heavy (non-hydrogen) atoms. The number of carbonyl (C=O) groups excluding carboxylic acids is 1. The topological polar surface area (TPSA) is 65.5 Å². The smallest absolute Gasteiger partial charge is 0.272 e. The van der Waals surface area contributed by atoms with Gasteiger partial charge in [0.15, 0.2) is 0 Å². The Labute approximate surface area is 120 Å². The van der Waals surface area contributed by atoms with Crippen LogP contribution in [0.4, 0.5) is 5.69 Å². The minimum Gasteiger partial charge on any atom is -0.393 e. The molecule has 1 saturated carbocycles. The Morgan fingerprint density at radius 1 is 1.45 bits per heavy atom. The fraction of sp³-hybridized carbons (Fsp3) is 0.600. The first-order valence-electron chi connectivity index (χ1n) is 7.17. The van der Waals surface area contributed by atoms with E-state index in [4.69, 9.17) is 0 Å². The highest BCUT2D eigenvalue weighted by Crippen LogP contribution is 2.24. The highest BCUT2D eigenvalue weighted by molar-refractivity contribution is 5.92. The lowest BCUT2D eigenvalue weighted by molar-refractivity contribution is 0.0762. The number of anilines is 1. The summed E-state index contributed by atoms with van der Waals surface area (Å²) in [4.78, 5) is 17.5. The number of hydrogen-bond acceptors (Lipinski definition) is 4. The van der Waals surface area contributed by atoms with Crippen LogP contribution in [-0.4, -0.2) is 47.6 Å². The van der Waals surface area contributed by atoms with E-state index in [0.29, 0.717) is 11.6 Å². The van der Waals surface area contributed by atoms with E-state index in [2.05, 4.69) is 10.3 Å². The fourth-order valence-electron chi connectivity index (χ4n) is 2.56. The standard InChI is InChI=1S/C15H23N3O2/c1-18(2)15(20)13-9-12(7-8-16-13)17-10-11-5-3-4-6-14(11)19/h7-9,11,14,19H,3-6,10H2,1-2H3,(H,16,17). The van der Waals surface area contributed by atoms with E-state index in [-0.39, 0.29) is 12.0 Å². The van der Waals surface area contributed by atoms with Crippen molar-refractivity contribution in [2.24, 2.45) is 5.92 Å². The van der Waals surface area contributed by atoms with Crippen molar-refractivity contribution in [1.29, 1.82) is 0 Å². The molecule has 2 N–H and O–H groups in total. The fourth-order valence-corrected chi connectivity index (χ4v) is 2.56. The minimum absolute atomic E-state index is 0.105. The van der Waals surface area contributed by atoms with Crippen LogP contribution in [0, 0.1) is 5.92 Å². The van der Waals surface area contributed by atoms with Crippen molar-refractivity contribution in [3.63, 3.8) is 0 Å². The SMILES string of the molecule is CN(C)C(=O)c1cc(NCC2CCCCC2O)ccn1. The number of nitrogens with zero attached hydrogens (tertiary/aromatic N) is 2. The van der Waals surface area contributed by atoms with Gasteiger partial charge in [0, 0.05) is 38.4 Å². The molecule has 1 amide bonds. The summed E-state index contributed by atoms with van der Waals surface area (Å²) in [5.74, 6) is 0.191. The zero-order chi connectivity index (χ0) is 14.5. The van der Waals surface area contributed by atoms with Crippen molar-refractivity contribution in [3.8, 4) is 0 Å². The van der Waals surface area contributed by atoms with Gasteiger partial charge in [-0.1, -0.05) is 12.8 Å². The Morgan fingerprint density at radius 2 is 2.20 bits per heavy atom. The molecule has 0 aliphatic heterocycles. The first-order chi connectivity index (χ1) is 9.58. The quantitative estimate of drug-likeness (QED) is 0.880. The Morgan fingerprint density at radius 3 is 2.90 bits per heavy atom. The highest BCUT2D eigenvalue weighted by Gasteiger charge is 2.22. The van der Waals surface area contributed by atoms with Crippen LogP contribution < -0.4 is 5.32 Å². The van der Waals surface area contributed by atoms with E-state index in [1.54, 1.807) is 26.4 Å². The van der Waals surface area contributed by atoms with E-state index in [0.717, 1.165) is 31.5 Å². The Balaban J connectivity index is 1.96. The second kappa shape index (κ2) is 6.70. The zero-order valence-corrected chi connectivity index (χ0v) is 12.2. The maximum absolute atomic E-state index is 11.9. The van der Waals surface area contributed by atoms with Gasteiger partial charge in [-0.25, -0.2) is 0 Å². The molecule has 1 aromatic heterocycles. The van der Waals surface area contributed by atoms with Crippen LogP contribution in [-0.2, 0) is 0 Å². The summed E-state index contributed by atoms with van der Waals surface area (Å²) in [6, 6.07) is 3.61. The van der Waals surface area contributed by atoms with Crippen LogP contribution in [0.25, 0.3) is 0 Å². The zero-order valence-electron chi connectivity index (χ0n) is 12.2. The summed E-state index contributed by atoms with van der Waals surface area (Å²) in [5, 5.41) is 13.3. The van der Waals surface area contributed by atoms with Crippen LogP contribution in [0.15, 0.2) is 18.3 Å². The monoisotopic (exact) mass is 277 g/mol. The van der Waals surface area contributed by atoms with Crippen LogP contribution >= 0.6 is 0 Å². The number of amides is 1. The number of rotatable bonds is 4. The third-order valence-corrected chi connectivity index (χ3v) is 3.82. The van der Waals surface area contributed by atoms with Crippen LogP contribution in [0.3, 0.4) is 0 Å². The van der Waals surface area contributed by atoms with Gasteiger partial charge in [0.25, 0.3) is 5.91 Å². The largest absolute Gasteiger partial charge is 0.393 e. The summed E-state index contributed by atoms with van der Waals surface area (Å²) in [5.41, 5.74) is 1.31. The second-order valence-electron chi connectivity index (χ2n) is 5.62. The Bertz CT molecular complexity index is 462. The van der Waals surface area contributed by atoms with Crippen molar-refractivity contribution < 1.29 is 9.90 Å². The third-order valence-electron chi connectivity index (χ3n) is 3.82. The number of aliphatic hydroxyl groups excluding tert-OH is 1. The molecule has 0 radical (unpaired) electrons. The molecule has 5 heteroatoms. The summed E-state index contributed by atoms with van der Waals surface area (Å²) in [6.45, 7) is 0.737. The molecule has 0 aromatic carbocycles. The summed E-state index contributed by atoms with van der Waals surface area (Å²) in [7, 11) is 3.42. The number of hydrogen-bond donors (Lipinski definition) is 2. The molecule has 0 spiro atoms. The van der Waals surface area contributed by atoms with Gasteiger partial charge in [-0.3, -0.25) is 9.78 Å². The number of pyridine rings is 1. The molecule has 1 aliphatic carbocycles. The van der Waals surface area contributed by atoms with E-state index in [1.807, 2.05) is 6.07 Å². The van der Waals surface area contributed by atoms with Gasteiger partial charge in [-0.15, -0.1) is 0 Å². The maximum Gasteiger partial charge on any atom is 0.272 e. The van der Waals surface area contributed by atoms with E-state index >= 15 is 0 Å². The van der Waals surface area contributed by atoms with Gasteiger partial charge in [0.2, 0.25) is 0 Å². The molecule has 1 aromatic rings. The third kappa shape index (κ3) is 3.70. The van der Waals surface area contributed by atoms with Gasteiger partial charge < -0.3 is 15.3 Å². The molecular weight excluding hydrogens is 254 g/mol. The molecule has 1 heterocycles. The lowest BCUT2D eigenvalue weighted by atomic mass is 9.86. The number of carbonyl (C=O) groups is 1. The highest BCUT2D eigenvalue weighted by atomic mass is 16.3. The minimum atomic E-state index is -0.207. The molecule has 1 fully saturated rings. The average Bonchev–Trinajstić information content (AvgIpc) is 2.46. The Hall–Kier alpha value is -1.62. The summed E-state index contributed by atoms with van der Waals surface area (Å²) in [6.07, 6.45) is 5.69. The normalized spacial score (nSPS) is 22.4. The molecule has 2 atom stereocenters. The van der Waals surface area contributed by atoms with Crippen molar-refractivity contribution >= 4 is 11.6 Å². The van der Waals surface area contributed by atoms with Crippen LogP contribution in [0.1, 0.15) is 36.2 Å². The summed E-state index contributed by atoms with van der Waals surface area (Å²) < 4.78 is 0. The first kappa shape index (κ1) is 14.8. The van der Waals surface area contributed by atoms with Gasteiger partial charge in [-0.2, -0.15) is 0 Å². The van der Waals surface area contributed by atoms with E-state index in [1.165, 1.54) is 11.3 Å². The average molecular weight is 277 g/mol.